The molecule has 1 N–H and O–H groups in total. The number of piperazine rings is 1. The molecule has 1 amide bonds. The molecule has 2 unspecified atom stereocenters. The number of carbonyl (C=O) groups excluding carboxylic acids is 1. The van der Waals surface area contributed by atoms with Gasteiger partial charge >= 0.3 is 0 Å². The lowest BCUT2D eigenvalue weighted by Crippen LogP contribution is -2.52. The molecule has 3 heterocycles. The maximum atomic E-state index is 12.7. The monoisotopic (exact) mass is 406 g/mol. The molecule has 0 bridgehead atoms. The van der Waals surface area contributed by atoms with Gasteiger partial charge in [0.2, 0.25) is 0 Å². The first kappa shape index (κ1) is 19.6. The lowest BCUT2D eigenvalue weighted by atomic mass is 10.0. The van der Waals surface area contributed by atoms with Crippen LogP contribution in [-0.2, 0) is 0 Å². The van der Waals surface area contributed by atoms with Crippen LogP contribution in [0.15, 0.2) is 72.4 Å². The quantitative estimate of drug-likeness (QED) is 0.676. The van der Waals surface area contributed by atoms with Crippen LogP contribution in [0.3, 0.4) is 0 Å². The number of benzene rings is 1. The molecule has 2 atom stereocenters. The Hall–Kier alpha value is -2.70. The standard InChI is InChI=1S/C23H26N4OS/c1-18(25-23(28)19-7-5-11-24-17-19)22(21-10-6-16-29-21)27-14-12-26(13-15-27)20-8-3-2-4-9-20/h2-11,16-18,22H,12-15H2,1H3,(H,25,28). The van der Waals surface area contributed by atoms with Crippen molar-refractivity contribution < 1.29 is 4.79 Å². The summed E-state index contributed by atoms with van der Waals surface area (Å²) in [7, 11) is 0. The number of rotatable bonds is 6. The molecule has 0 radical (unpaired) electrons. The molecule has 0 aliphatic carbocycles. The summed E-state index contributed by atoms with van der Waals surface area (Å²) in [4.78, 5) is 23.0. The van der Waals surface area contributed by atoms with Gasteiger partial charge in [-0.05, 0) is 42.6 Å². The Morgan fingerprint density at radius 3 is 2.48 bits per heavy atom. The zero-order valence-electron chi connectivity index (χ0n) is 16.6. The maximum Gasteiger partial charge on any atom is 0.253 e. The zero-order chi connectivity index (χ0) is 20.1. The Morgan fingerprint density at radius 1 is 1.03 bits per heavy atom. The Labute approximate surface area is 176 Å². The fraction of sp³-hybridized carbons (Fsp3) is 0.304. The van der Waals surface area contributed by atoms with E-state index in [-0.39, 0.29) is 18.0 Å². The minimum absolute atomic E-state index is 0.00960. The van der Waals surface area contributed by atoms with Gasteiger partial charge in [-0.2, -0.15) is 0 Å². The Morgan fingerprint density at radius 2 is 1.83 bits per heavy atom. The summed E-state index contributed by atoms with van der Waals surface area (Å²) in [6.07, 6.45) is 3.29. The Kier molecular flexibility index (Phi) is 6.22. The van der Waals surface area contributed by atoms with E-state index in [4.69, 9.17) is 0 Å². The number of amides is 1. The molecule has 6 heteroatoms. The molecule has 29 heavy (non-hydrogen) atoms. The Bertz CT molecular complexity index is 893. The highest BCUT2D eigenvalue weighted by molar-refractivity contribution is 7.10. The Balaban J connectivity index is 1.46. The van der Waals surface area contributed by atoms with Crippen molar-refractivity contribution in [3.63, 3.8) is 0 Å². The highest BCUT2D eigenvalue weighted by atomic mass is 32.1. The molecule has 2 aromatic heterocycles. The van der Waals surface area contributed by atoms with Crippen molar-refractivity contribution in [1.29, 1.82) is 0 Å². The van der Waals surface area contributed by atoms with Gasteiger partial charge in [-0.15, -0.1) is 11.3 Å². The summed E-state index contributed by atoms with van der Waals surface area (Å²) in [5.41, 5.74) is 1.87. The topological polar surface area (TPSA) is 48.5 Å². The van der Waals surface area contributed by atoms with E-state index in [2.05, 4.69) is 74.9 Å². The summed E-state index contributed by atoms with van der Waals surface area (Å²) in [6.45, 7) is 5.99. The molecule has 0 spiro atoms. The molecule has 150 valence electrons. The SMILES string of the molecule is CC(NC(=O)c1cccnc1)C(c1cccs1)N1CCN(c2ccccc2)CC1. The maximum absolute atomic E-state index is 12.7. The first-order valence-electron chi connectivity index (χ1n) is 10.0. The van der Waals surface area contributed by atoms with Gasteiger partial charge in [-0.3, -0.25) is 14.7 Å². The van der Waals surface area contributed by atoms with Gasteiger partial charge in [0.1, 0.15) is 0 Å². The van der Waals surface area contributed by atoms with E-state index in [0.29, 0.717) is 5.56 Å². The molecule has 1 fully saturated rings. The van der Waals surface area contributed by atoms with Gasteiger partial charge in [-0.1, -0.05) is 24.3 Å². The van der Waals surface area contributed by atoms with Gasteiger partial charge < -0.3 is 10.2 Å². The number of thiophene rings is 1. The van der Waals surface area contributed by atoms with E-state index in [1.54, 1.807) is 35.9 Å². The highest BCUT2D eigenvalue weighted by Crippen LogP contribution is 2.30. The van der Waals surface area contributed by atoms with E-state index in [0.717, 1.165) is 26.2 Å². The normalized spacial score (nSPS) is 16.9. The summed E-state index contributed by atoms with van der Waals surface area (Å²) in [5.74, 6) is -0.0740. The molecule has 5 nitrogen and oxygen atoms in total. The van der Waals surface area contributed by atoms with E-state index < -0.39 is 0 Å². The largest absolute Gasteiger partial charge is 0.369 e. The number of aromatic nitrogens is 1. The van der Waals surface area contributed by atoms with E-state index in [9.17, 15) is 4.79 Å². The molecule has 1 aromatic carbocycles. The molecular weight excluding hydrogens is 380 g/mol. The number of para-hydroxylation sites is 1. The van der Waals surface area contributed by atoms with Crippen LogP contribution in [-0.4, -0.2) is 48.0 Å². The molecule has 1 saturated heterocycles. The van der Waals surface area contributed by atoms with Gasteiger partial charge in [0.05, 0.1) is 11.6 Å². The van der Waals surface area contributed by atoms with Crippen LogP contribution >= 0.6 is 11.3 Å². The fourth-order valence-electron chi connectivity index (χ4n) is 3.97. The van der Waals surface area contributed by atoms with Crippen molar-refractivity contribution in [2.45, 2.75) is 19.0 Å². The number of pyridine rings is 1. The van der Waals surface area contributed by atoms with Crippen LogP contribution in [0.25, 0.3) is 0 Å². The summed E-state index contributed by atoms with van der Waals surface area (Å²) in [6, 6.07) is 18.6. The molecule has 1 aliphatic rings. The molecule has 4 rings (SSSR count). The first-order chi connectivity index (χ1) is 14.2. The van der Waals surface area contributed by atoms with Crippen LogP contribution in [0.5, 0.6) is 0 Å². The van der Waals surface area contributed by atoms with Crippen molar-refractivity contribution in [3.05, 3.63) is 82.8 Å². The summed E-state index contributed by atoms with van der Waals surface area (Å²) >= 11 is 1.75. The van der Waals surface area contributed by atoms with Gasteiger partial charge in [0.25, 0.3) is 5.91 Å². The predicted molar refractivity (Wildman–Crippen MR) is 118 cm³/mol. The number of anilines is 1. The van der Waals surface area contributed by atoms with Gasteiger partial charge in [0.15, 0.2) is 0 Å². The number of nitrogens with one attached hydrogen (secondary N) is 1. The second kappa shape index (κ2) is 9.20. The number of hydrogen-bond donors (Lipinski definition) is 1. The second-order valence-corrected chi connectivity index (χ2v) is 8.30. The molecule has 0 saturated carbocycles. The van der Waals surface area contributed by atoms with Crippen molar-refractivity contribution in [1.82, 2.24) is 15.2 Å². The number of nitrogens with zero attached hydrogens (tertiary/aromatic N) is 3. The fourth-order valence-corrected chi connectivity index (χ4v) is 4.93. The third-order valence-corrected chi connectivity index (χ3v) is 6.36. The van der Waals surface area contributed by atoms with Crippen LogP contribution in [0.2, 0.25) is 0 Å². The zero-order valence-corrected chi connectivity index (χ0v) is 17.4. The van der Waals surface area contributed by atoms with Crippen LogP contribution in [0, 0.1) is 0 Å². The third-order valence-electron chi connectivity index (χ3n) is 5.42. The average Bonchev–Trinajstić information content (AvgIpc) is 3.30. The van der Waals surface area contributed by atoms with Crippen LogP contribution < -0.4 is 10.2 Å². The van der Waals surface area contributed by atoms with E-state index in [1.807, 2.05) is 0 Å². The van der Waals surface area contributed by atoms with Gasteiger partial charge in [0, 0.05) is 55.2 Å². The summed E-state index contributed by atoms with van der Waals surface area (Å²) in [5, 5.41) is 5.31. The second-order valence-electron chi connectivity index (χ2n) is 7.32. The first-order valence-corrected chi connectivity index (χ1v) is 10.9. The minimum atomic E-state index is -0.0740. The minimum Gasteiger partial charge on any atom is -0.369 e. The van der Waals surface area contributed by atoms with Crippen LogP contribution in [0.1, 0.15) is 28.2 Å². The molecular formula is C23H26N4OS. The average molecular weight is 407 g/mol. The van der Waals surface area contributed by atoms with Crippen molar-refractivity contribution >= 4 is 22.9 Å². The molecule has 3 aromatic rings. The lowest BCUT2D eigenvalue weighted by molar-refractivity contribution is 0.0890. The van der Waals surface area contributed by atoms with Crippen molar-refractivity contribution in [2.75, 3.05) is 31.1 Å². The van der Waals surface area contributed by atoms with Crippen molar-refractivity contribution in [3.8, 4) is 0 Å². The smallest absolute Gasteiger partial charge is 0.253 e. The number of hydrogen-bond acceptors (Lipinski definition) is 5. The van der Waals surface area contributed by atoms with E-state index >= 15 is 0 Å². The predicted octanol–water partition coefficient (Wildman–Crippen LogP) is 3.82. The van der Waals surface area contributed by atoms with Crippen molar-refractivity contribution in [2.24, 2.45) is 0 Å². The highest BCUT2D eigenvalue weighted by Gasteiger charge is 2.31. The summed E-state index contributed by atoms with van der Waals surface area (Å²) < 4.78 is 0. The molecule has 1 aliphatic heterocycles. The van der Waals surface area contributed by atoms with Crippen LogP contribution in [0.4, 0.5) is 5.69 Å². The van der Waals surface area contributed by atoms with Gasteiger partial charge in [-0.25, -0.2) is 0 Å². The van der Waals surface area contributed by atoms with E-state index in [1.165, 1.54) is 10.6 Å². The number of carbonyl (C=O) groups is 1. The third kappa shape index (κ3) is 4.66. The lowest BCUT2D eigenvalue weighted by Gasteiger charge is -2.42.